The lowest BCUT2D eigenvalue weighted by Crippen LogP contribution is -2.40. The van der Waals surface area contributed by atoms with Gasteiger partial charge in [-0.05, 0) is 42.9 Å². The van der Waals surface area contributed by atoms with E-state index in [1.165, 1.54) is 37.4 Å². The van der Waals surface area contributed by atoms with Gasteiger partial charge in [0.15, 0.2) is 0 Å². The van der Waals surface area contributed by atoms with E-state index in [9.17, 15) is 9.59 Å². The predicted octanol–water partition coefficient (Wildman–Crippen LogP) is 5.74. The molecule has 35 heavy (non-hydrogen) atoms. The van der Waals surface area contributed by atoms with E-state index in [1.807, 2.05) is 18.2 Å². The highest BCUT2D eigenvalue weighted by Crippen LogP contribution is 2.34. The molecule has 6 nitrogen and oxygen atoms in total. The van der Waals surface area contributed by atoms with Gasteiger partial charge in [0, 0.05) is 25.8 Å². The van der Waals surface area contributed by atoms with E-state index >= 15 is 0 Å². The molecule has 0 N–H and O–H groups in total. The molecule has 2 saturated heterocycles. The molecule has 2 aliphatic heterocycles. The van der Waals surface area contributed by atoms with Crippen molar-refractivity contribution in [3.05, 3.63) is 45.2 Å². The SMILES string of the molecule is CCCCCCCCN1C(=O)C(=Cc2c(N3CC(C)CC(C)C3)nc3ccccn3c2=O)SC1=S. The highest BCUT2D eigenvalue weighted by Gasteiger charge is 2.33. The maximum atomic E-state index is 13.6. The zero-order chi connectivity index (χ0) is 24.9. The first kappa shape index (κ1) is 25.9. The number of carbonyl (C=O) groups excluding carboxylic acids is 1. The van der Waals surface area contributed by atoms with Gasteiger partial charge in [0.2, 0.25) is 0 Å². The van der Waals surface area contributed by atoms with E-state index in [4.69, 9.17) is 17.2 Å². The summed E-state index contributed by atoms with van der Waals surface area (Å²) >= 11 is 6.84. The molecule has 0 saturated carbocycles. The van der Waals surface area contributed by atoms with Crippen LogP contribution in [0.2, 0.25) is 0 Å². The summed E-state index contributed by atoms with van der Waals surface area (Å²) in [5, 5.41) is 0. The van der Waals surface area contributed by atoms with Crippen LogP contribution in [0.3, 0.4) is 0 Å². The number of hydrogen-bond donors (Lipinski definition) is 0. The first-order chi connectivity index (χ1) is 16.9. The Morgan fingerprint density at radius 3 is 2.54 bits per heavy atom. The van der Waals surface area contributed by atoms with E-state index in [2.05, 4.69) is 25.7 Å². The van der Waals surface area contributed by atoms with Gasteiger partial charge in [0.05, 0.1) is 10.5 Å². The first-order valence-electron chi connectivity index (χ1n) is 12.9. The monoisotopic (exact) mass is 512 g/mol. The average Bonchev–Trinajstić information content (AvgIpc) is 3.09. The number of anilines is 1. The predicted molar refractivity (Wildman–Crippen MR) is 150 cm³/mol. The summed E-state index contributed by atoms with van der Waals surface area (Å²) in [4.78, 5) is 36.2. The fourth-order valence-corrected chi connectivity index (χ4v) is 6.46. The Labute approximate surface area is 217 Å². The van der Waals surface area contributed by atoms with Crippen molar-refractivity contribution in [1.29, 1.82) is 0 Å². The van der Waals surface area contributed by atoms with Crippen LogP contribution >= 0.6 is 24.0 Å². The third-order valence-electron chi connectivity index (χ3n) is 6.80. The number of nitrogens with zero attached hydrogens (tertiary/aromatic N) is 4. The van der Waals surface area contributed by atoms with E-state index in [0.717, 1.165) is 32.4 Å². The Morgan fingerprint density at radius 1 is 1.09 bits per heavy atom. The number of unbranched alkanes of at least 4 members (excludes halogenated alkanes) is 5. The summed E-state index contributed by atoms with van der Waals surface area (Å²) in [5.74, 6) is 1.59. The lowest BCUT2D eigenvalue weighted by molar-refractivity contribution is -0.122. The fraction of sp³-hybridized carbons (Fsp3) is 0.556. The molecular formula is C27H36N4O2S2. The molecule has 1 amide bonds. The quantitative estimate of drug-likeness (QED) is 0.243. The van der Waals surface area contributed by atoms with Gasteiger partial charge in [-0.15, -0.1) is 0 Å². The molecule has 0 aromatic carbocycles. The summed E-state index contributed by atoms with van der Waals surface area (Å²) in [6.07, 6.45) is 11.6. The van der Waals surface area contributed by atoms with Crippen molar-refractivity contribution in [1.82, 2.24) is 14.3 Å². The molecule has 2 aliphatic rings. The summed E-state index contributed by atoms with van der Waals surface area (Å²) in [7, 11) is 0. The zero-order valence-corrected chi connectivity index (χ0v) is 22.7. The summed E-state index contributed by atoms with van der Waals surface area (Å²) in [5.41, 5.74) is 0.930. The molecule has 2 aromatic heterocycles. The van der Waals surface area contributed by atoms with E-state index in [-0.39, 0.29) is 11.5 Å². The number of thiocarbonyl (C=S) groups is 1. The van der Waals surface area contributed by atoms with Crippen molar-refractivity contribution in [3.63, 3.8) is 0 Å². The smallest absolute Gasteiger partial charge is 0.267 e. The van der Waals surface area contributed by atoms with Crippen LogP contribution < -0.4 is 10.5 Å². The first-order valence-corrected chi connectivity index (χ1v) is 14.1. The van der Waals surface area contributed by atoms with Crippen LogP contribution in [0.25, 0.3) is 11.7 Å². The molecule has 2 atom stereocenters. The second-order valence-corrected chi connectivity index (χ2v) is 11.7. The standard InChI is InChI=1S/C27H36N4O2S2/c1-4-5-6-7-8-10-14-31-26(33)22(35-27(31)34)16-21-24(29-17-19(2)15-20(3)18-29)28-23-12-9-11-13-30(23)25(21)32/h9,11-13,16,19-20H,4-8,10,14-15,17-18H2,1-3H3. The summed E-state index contributed by atoms with van der Waals surface area (Å²) in [6, 6.07) is 5.57. The normalized spacial score (nSPS) is 22.1. The van der Waals surface area contributed by atoms with Crippen molar-refractivity contribution in [2.75, 3.05) is 24.5 Å². The molecule has 8 heteroatoms. The molecule has 0 bridgehead atoms. The lowest BCUT2D eigenvalue weighted by Gasteiger charge is -2.36. The molecule has 2 aromatic rings. The largest absolute Gasteiger partial charge is 0.355 e. The molecule has 4 rings (SSSR count). The second-order valence-electron chi connectivity index (χ2n) is 10.0. The average molecular weight is 513 g/mol. The maximum absolute atomic E-state index is 13.6. The van der Waals surface area contributed by atoms with E-state index < -0.39 is 0 Å². The number of rotatable bonds is 9. The number of carbonyl (C=O) groups is 1. The molecule has 188 valence electrons. The highest BCUT2D eigenvalue weighted by molar-refractivity contribution is 8.26. The minimum absolute atomic E-state index is 0.0996. The van der Waals surface area contributed by atoms with Gasteiger partial charge in [-0.2, -0.15) is 0 Å². The van der Waals surface area contributed by atoms with Crippen LogP contribution in [-0.2, 0) is 4.79 Å². The number of fused-ring (bicyclic) bond motifs is 1. The Morgan fingerprint density at radius 2 is 1.80 bits per heavy atom. The Hall–Kier alpha value is -2.19. The minimum Gasteiger partial charge on any atom is -0.355 e. The van der Waals surface area contributed by atoms with Crippen LogP contribution in [-0.4, -0.2) is 44.1 Å². The molecular weight excluding hydrogens is 476 g/mol. The van der Waals surface area contributed by atoms with Crippen LogP contribution in [0.5, 0.6) is 0 Å². The van der Waals surface area contributed by atoms with Gasteiger partial charge in [-0.1, -0.05) is 82.9 Å². The zero-order valence-electron chi connectivity index (χ0n) is 21.0. The highest BCUT2D eigenvalue weighted by atomic mass is 32.2. The Balaban J connectivity index is 1.63. The van der Waals surface area contributed by atoms with Crippen LogP contribution in [0.4, 0.5) is 5.82 Å². The molecule has 0 radical (unpaired) electrons. The van der Waals surface area contributed by atoms with Crippen LogP contribution in [0, 0.1) is 11.8 Å². The number of pyridine rings is 1. The van der Waals surface area contributed by atoms with Crippen molar-refractivity contribution >= 4 is 51.7 Å². The van der Waals surface area contributed by atoms with E-state index in [0.29, 0.717) is 44.6 Å². The Kier molecular flexibility index (Phi) is 8.65. The van der Waals surface area contributed by atoms with Crippen molar-refractivity contribution in [3.8, 4) is 0 Å². The topological polar surface area (TPSA) is 57.9 Å². The third-order valence-corrected chi connectivity index (χ3v) is 8.18. The fourth-order valence-electron chi connectivity index (χ4n) is 5.17. The molecule has 2 fully saturated rings. The molecule has 4 heterocycles. The molecule has 0 spiro atoms. The summed E-state index contributed by atoms with van der Waals surface area (Å²) < 4.78 is 2.13. The maximum Gasteiger partial charge on any atom is 0.267 e. The van der Waals surface area contributed by atoms with E-state index in [1.54, 1.807) is 21.6 Å². The van der Waals surface area contributed by atoms with Crippen molar-refractivity contribution in [2.24, 2.45) is 11.8 Å². The van der Waals surface area contributed by atoms with Gasteiger partial charge in [-0.3, -0.25) is 18.9 Å². The Bertz CT molecular complexity index is 1170. The number of thioether (sulfide) groups is 1. The van der Waals surface area contributed by atoms with Crippen LogP contribution in [0.1, 0.15) is 71.3 Å². The number of hydrogen-bond acceptors (Lipinski definition) is 6. The van der Waals surface area contributed by atoms with Gasteiger partial charge < -0.3 is 4.90 Å². The number of amides is 1. The number of aromatic nitrogens is 2. The molecule has 0 aliphatic carbocycles. The van der Waals surface area contributed by atoms with Gasteiger partial charge in [0.25, 0.3) is 11.5 Å². The van der Waals surface area contributed by atoms with Crippen LogP contribution in [0.15, 0.2) is 34.1 Å². The van der Waals surface area contributed by atoms with Gasteiger partial charge in [0.1, 0.15) is 15.8 Å². The number of piperidine rings is 1. The van der Waals surface area contributed by atoms with Crippen molar-refractivity contribution in [2.45, 2.75) is 65.7 Å². The van der Waals surface area contributed by atoms with Gasteiger partial charge >= 0.3 is 0 Å². The minimum atomic E-state index is -0.155. The summed E-state index contributed by atoms with van der Waals surface area (Å²) in [6.45, 7) is 9.02. The van der Waals surface area contributed by atoms with Crippen molar-refractivity contribution < 1.29 is 4.79 Å². The lowest BCUT2D eigenvalue weighted by atomic mass is 9.91. The second kappa shape index (κ2) is 11.7. The third kappa shape index (κ3) is 5.97. The molecule has 2 unspecified atom stereocenters. The van der Waals surface area contributed by atoms with Gasteiger partial charge in [-0.25, -0.2) is 4.98 Å².